The number of carbonyl (C=O) groups is 2. The standard InChI is InChI=1S/C17H27N5O2/c1-4-21(5-2)16(23)14-7-6-8-22(12-14)17(24)20-11-15-10-18-13(3)9-19-15/h9-10,14H,4-8,11-12H2,1-3H3,(H,20,24). The van der Waals surface area contributed by atoms with Crippen LogP contribution in [0.25, 0.3) is 0 Å². The van der Waals surface area contributed by atoms with Crippen LogP contribution in [0.4, 0.5) is 4.79 Å². The number of urea groups is 1. The van der Waals surface area contributed by atoms with E-state index in [1.807, 2.05) is 25.7 Å². The van der Waals surface area contributed by atoms with Gasteiger partial charge in [0.05, 0.1) is 30.0 Å². The molecule has 1 N–H and O–H groups in total. The Morgan fingerprint density at radius 2 is 2.04 bits per heavy atom. The summed E-state index contributed by atoms with van der Waals surface area (Å²) >= 11 is 0. The highest BCUT2D eigenvalue weighted by atomic mass is 16.2. The van der Waals surface area contributed by atoms with Crippen molar-refractivity contribution in [1.29, 1.82) is 0 Å². The van der Waals surface area contributed by atoms with Crippen LogP contribution in [0.3, 0.4) is 0 Å². The molecule has 7 nitrogen and oxygen atoms in total. The third-order valence-electron chi connectivity index (χ3n) is 4.39. The number of piperidine rings is 1. The lowest BCUT2D eigenvalue weighted by atomic mass is 9.96. The molecule has 2 rings (SSSR count). The van der Waals surface area contributed by atoms with E-state index in [4.69, 9.17) is 0 Å². The minimum atomic E-state index is -0.144. The van der Waals surface area contributed by atoms with Gasteiger partial charge in [-0.2, -0.15) is 0 Å². The van der Waals surface area contributed by atoms with Crippen LogP contribution in [0.15, 0.2) is 12.4 Å². The maximum absolute atomic E-state index is 12.5. The number of aryl methyl sites for hydroxylation is 1. The maximum Gasteiger partial charge on any atom is 0.317 e. The van der Waals surface area contributed by atoms with Gasteiger partial charge >= 0.3 is 6.03 Å². The van der Waals surface area contributed by atoms with Crippen molar-refractivity contribution in [2.24, 2.45) is 5.92 Å². The van der Waals surface area contributed by atoms with E-state index in [9.17, 15) is 9.59 Å². The van der Waals surface area contributed by atoms with Gasteiger partial charge in [-0.15, -0.1) is 0 Å². The minimum absolute atomic E-state index is 0.0939. The van der Waals surface area contributed by atoms with Crippen LogP contribution in [-0.4, -0.2) is 57.9 Å². The number of rotatable bonds is 5. The van der Waals surface area contributed by atoms with Crippen LogP contribution in [0.1, 0.15) is 38.1 Å². The molecule has 0 saturated carbocycles. The fourth-order valence-corrected chi connectivity index (χ4v) is 2.95. The average molecular weight is 333 g/mol. The van der Waals surface area contributed by atoms with Gasteiger partial charge in [0.2, 0.25) is 5.91 Å². The van der Waals surface area contributed by atoms with Gasteiger partial charge in [-0.05, 0) is 33.6 Å². The van der Waals surface area contributed by atoms with Crippen molar-refractivity contribution in [2.45, 2.75) is 40.2 Å². The van der Waals surface area contributed by atoms with Gasteiger partial charge in [0.25, 0.3) is 0 Å². The lowest BCUT2D eigenvalue weighted by Crippen LogP contribution is -2.49. The summed E-state index contributed by atoms with van der Waals surface area (Å²) in [5.41, 5.74) is 1.57. The molecule has 24 heavy (non-hydrogen) atoms. The second kappa shape index (κ2) is 8.61. The van der Waals surface area contributed by atoms with Crippen molar-refractivity contribution >= 4 is 11.9 Å². The molecule has 132 valence electrons. The normalized spacial score (nSPS) is 17.5. The average Bonchev–Trinajstić information content (AvgIpc) is 2.62. The Morgan fingerprint density at radius 3 is 2.67 bits per heavy atom. The Hall–Kier alpha value is -2.18. The summed E-state index contributed by atoms with van der Waals surface area (Å²) < 4.78 is 0. The first-order valence-electron chi connectivity index (χ1n) is 8.64. The summed E-state index contributed by atoms with van der Waals surface area (Å²) in [6.07, 6.45) is 5.05. The Bertz CT molecular complexity index is 557. The Kier molecular flexibility index (Phi) is 6.52. The number of hydrogen-bond acceptors (Lipinski definition) is 4. The summed E-state index contributed by atoms with van der Waals surface area (Å²) in [6, 6.07) is -0.144. The fourth-order valence-electron chi connectivity index (χ4n) is 2.95. The van der Waals surface area contributed by atoms with Gasteiger partial charge in [-0.1, -0.05) is 0 Å². The smallest absolute Gasteiger partial charge is 0.317 e. The number of nitrogens with zero attached hydrogens (tertiary/aromatic N) is 4. The van der Waals surface area contributed by atoms with Crippen molar-refractivity contribution in [3.63, 3.8) is 0 Å². The lowest BCUT2D eigenvalue weighted by molar-refractivity contribution is -0.136. The first kappa shape index (κ1) is 18.2. The van der Waals surface area contributed by atoms with Crippen molar-refractivity contribution in [2.75, 3.05) is 26.2 Å². The van der Waals surface area contributed by atoms with Gasteiger partial charge < -0.3 is 15.1 Å². The number of likely N-dealkylation sites (tertiary alicyclic amines) is 1. The van der Waals surface area contributed by atoms with E-state index >= 15 is 0 Å². The molecule has 2 heterocycles. The third kappa shape index (κ3) is 4.66. The molecule has 7 heteroatoms. The largest absolute Gasteiger partial charge is 0.343 e. The number of aromatic nitrogens is 2. The molecule has 0 aliphatic carbocycles. The van der Waals surface area contributed by atoms with E-state index in [2.05, 4.69) is 15.3 Å². The summed E-state index contributed by atoms with van der Waals surface area (Å²) in [6.45, 7) is 8.78. The molecule has 1 aromatic heterocycles. The molecule has 1 aliphatic heterocycles. The summed E-state index contributed by atoms with van der Waals surface area (Å²) in [4.78, 5) is 36.8. The lowest BCUT2D eigenvalue weighted by Gasteiger charge is -2.34. The highest BCUT2D eigenvalue weighted by Gasteiger charge is 2.30. The van der Waals surface area contributed by atoms with Crippen LogP contribution in [0.5, 0.6) is 0 Å². The van der Waals surface area contributed by atoms with Crippen LogP contribution in [0.2, 0.25) is 0 Å². The zero-order valence-electron chi connectivity index (χ0n) is 14.8. The molecule has 1 aromatic rings. The van der Waals surface area contributed by atoms with E-state index in [1.165, 1.54) is 0 Å². The van der Waals surface area contributed by atoms with Crippen molar-refractivity contribution in [3.8, 4) is 0 Å². The van der Waals surface area contributed by atoms with Crippen molar-refractivity contribution in [1.82, 2.24) is 25.1 Å². The maximum atomic E-state index is 12.5. The molecule has 1 atom stereocenters. The van der Waals surface area contributed by atoms with E-state index < -0.39 is 0 Å². The second-order valence-electron chi connectivity index (χ2n) is 6.10. The molecular formula is C17H27N5O2. The molecule has 1 saturated heterocycles. The molecule has 0 radical (unpaired) electrons. The van der Waals surface area contributed by atoms with E-state index in [1.54, 1.807) is 17.3 Å². The highest BCUT2D eigenvalue weighted by molar-refractivity contribution is 5.81. The topological polar surface area (TPSA) is 78.4 Å². The Balaban J connectivity index is 1.87. The van der Waals surface area contributed by atoms with Gasteiger partial charge in [-0.25, -0.2) is 4.79 Å². The monoisotopic (exact) mass is 333 g/mol. The van der Waals surface area contributed by atoms with E-state index in [0.29, 0.717) is 32.7 Å². The number of amides is 3. The number of hydrogen-bond donors (Lipinski definition) is 1. The number of nitrogens with one attached hydrogen (secondary N) is 1. The van der Waals surface area contributed by atoms with Gasteiger partial charge in [0.15, 0.2) is 0 Å². The molecule has 1 fully saturated rings. The van der Waals surface area contributed by atoms with Crippen LogP contribution in [0, 0.1) is 12.8 Å². The highest BCUT2D eigenvalue weighted by Crippen LogP contribution is 2.19. The van der Waals surface area contributed by atoms with Crippen molar-refractivity contribution < 1.29 is 9.59 Å². The van der Waals surface area contributed by atoms with Crippen LogP contribution >= 0.6 is 0 Å². The summed E-state index contributed by atoms with van der Waals surface area (Å²) in [5.74, 6) is 0.0606. The predicted octanol–water partition coefficient (Wildman–Crippen LogP) is 1.58. The van der Waals surface area contributed by atoms with Crippen LogP contribution < -0.4 is 5.32 Å². The fraction of sp³-hybridized carbons (Fsp3) is 0.647. The van der Waals surface area contributed by atoms with Gasteiger partial charge in [0, 0.05) is 32.4 Å². The molecule has 1 unspecified atom stereocenters. The summed E-state index contributed by atoms with van der Waals surface area (Å²) in [5, 5.41) is 2.86. The quantitative estimate of drug-likeness (QED) is 0.887. The Morgan fingerprint density at radius 1 is 1.29 bits per heavy atom. The second-order valence-corrected chi connectivity index (χ2v) is 6.10. The minimum Gasteiger partial charge on any atom is -0.343 e. The third-order valence-corrected chi connectivity index (χ3v) is 4.39. The molecule has 0 aromatic carbocycles. The van der Waals surface area contributed by atoms with Crippen molar-refractivity contribution in [3.05, 3.63) is 23.8 Å². The zero-order chi connectivity index (χ0) is 17.5. The first-order chi connectivity index (χ1) is 11.5. The van der Waals surface area contributed by atoms with E-state index in [-0.39, 0.29) is 17.9 Å². The van der Waals surface area contributed by atoms with Crippen LogP contribution in [-0.2, 0) is 11.3 Å². The Labute approximate surface area is 143 Å². The molecule has 1 aliphatic rings. The van der Waals surface area contributed by atoms with E-state index in [0.717, 1.165) is 24.2 Å². The number of carbonyl (C=O) groups excluding carboxylic acids is 2. The molecular weight excluding hydrogens is 306 g/mol. The first-order valence-corrected chi connectivity index (χ1v) is 8.64. The van der Waals surface area contributed by atoms with Gasteiger partial charge in [-0.3, -0.25) is 14.8 Å². The molecule has 0 bridgehead atoms. The zero-order valence-corrected chi connectivity index (χ0v) is 14.8. The summed E-state index contributed by atoms with van der Waals surface area (Å²) in [7, 11) is 0. The SMILES string of the molecule is CCN(CC)C(=O)C1CCCN(C(=O)NCc2cnc(C)cn2)C1. The molecule has 0 spiro atoms. The van der Waals surface area contributed by atoms with Gasteiger partial charge in [0.1, 0.15) is 0 Å². The molecule has 3 amide bonds. The predicted molar refractivity (Wildman–Crippen MR) is 91.2 cm³/mol.